The van der Waals surface area contributed by atoms with E-state index in [0.717, 1.165) is 16.6 Å². The molecule has 0 saturated carbocycles. The highest BCUT2D eigenvalue weighted by Gasteiger charge is 2.39. The highest BCUT2D eigenvalue weighted by atomic mass is 35.5. The van der Waals surface area contributed by atoms with Gasteiger partial charge < -0.3 is 10.2 Å². The van der Waals surface area contributed by atoms with E-state index in [2.05, 4.69) is 10.4 Å². The molecule has 0 saturated heterocycles. The fourth-order valence-electron chi connectivity index (χ4n) is 2.01. The molecule has 0 bridgehead atoms. The topological polar surface area (TPSA) is 50.2 Å². The minimum atomic E-state index is -4.71. The highest BCUT2D eigenvalue weighted by molar-refractivity contribution is 6.33. The average Bonchev–Trinajstić information content (AvgIpc) is 2.80. The number of anilines is 2. The van der Waals surface area contributed by atoms with E-state index in [1.54, 1.807) is 31.1 Å². The largest absolute Gasteiger partial charge is 0.435 e. The minimum absolute atomic E-state index is 0.294. The number of rotatable bonds is 3. The molecule has 0 aliphatic heterocycles. The lowest BCUT2D eigenvalue weighted by atomic mass is 10.2. The molecule has 2 aromatic rings. The predicted octanol–water partition coefficient (Wildman–Crippen LogP) is 3.41. The molecular formula is C14H14ClF3N4O. The fourth-order valence-corrected chi connectivity index (χ4v) is 2.36. The van der Waals surface area contributed by atoms with E-state index in [0.29, 0.717) is 10.7 Å². The van der Waals surface area contributed by atoms with Crippen molar-refractivity contribution in [3.05, 3.63) is 40.7 Å². The van der Waals surface area contributed by atoms with Gasteiger partial charge in [0.05, 0.1) is 16.3 Å². The van der Waals surface area contributed by atoms with Gasteiger partial charge in [0.2, 0.25) is 0 Å². The Balaban J connectivity index is 2.28. The maximum atomic E-state index is 12.9. The van der Waals surface area contributed by atoms with Crippen LogP contribution < -0.4 is 10.2 Å². The maximum Gasteiger partial charge on any atom is 0.435 e. The lowest BCUT2D eigenvalue weighted by Crippen LogP contribution is -2.18. The van der Waals surface area contributed by atoms with Gasteiger partial charge in [-0.05, 0) is 18.2 Å². The van der Waals surface area contributed by atoms with E-state index in [4.69, 9.17) is 11.6 Å². The molecule has 9 heteroatoms. The third kappa shape index (κ3) is 3.76. The SMILES string of the molecule is CN(C)c1ccc(NC(=O)c2cn(C)nc2C(F)(F)F)cc1Cl. The molecule has 1 N–H and O–H groups in total. The first-order chi connectivity index (χ1) is 10.6. The summed E-state index contributed by atoms with van der Waals surface area (Å²) in [5.41, 5.74) is -0.758. The molecule has 5 nitrogen and oxygen atoms in total. The molecule has 0 atom stereocenters. The van der Waals surface area contributed by atoms with Crippen LogP contribution in [0.15, 0.2) is 24.4 Å². The van der Waals surface area contributed by atoms with Crippen LogP contribution in [0.25, 0.3) is 0 Å². The normalized spacial score (nSPS) is 11.4. The van der Waals surface area contributed by atoms with E-state index < -0.39 is 23.3 Å². The zero-order valence-electron chi connectivity index (χ0n) is 12.6. The van der Waals surface area contributed by atoms with Crippen molar-refractivity contribution in [3.8, 4) is 0 Å². The summed E-state index contributed by atoms with van der Waals surface area (Å²) >= 11 is 6.07. The number of hydrogen-bond acceptors (Lipinski definition) is 3. The number of carbonyl (C=O) groups excluding carboxylic acids is 1. The molecule has 1 amide bonds. The van der Waals surface area contributed by atoms with Crippen LogP contribution in [0.4, 0.5) is 24.5 Å². The molecular weight excluding hydrogens is 333 g/mol. The molecule has 124 valence electrons. The Hall–Kier alpha value is -2.22. The van der Waals surface area contributed by atoms with Gasteiger partial charge in [-0.1, -0.05) is 11.6 Å². The first-order valence-corrected chi connectivity index (χ1v) is 6.86. The zero-order valence-corrected chi connectivity index (χ0v) is 13.3. The summed E-state index contributed by atoms with van der Waals surface area (Å²) in [6.07, 6.45) is -3.69. The number of benzene rings is 1. The summed E-state index contributed by atoms with van der Waals surface area (Å²) < 4.78 is 39.6. The van der Waals surface area contributed by atoms with Crippen LogP contribution in [0.2, 0.25) is 5.02 Å². The van der Waals surface area contributed by atoms with Crippen molar-refractivity contribution in [1.29, 1.82) is 0 Å². The lowest BCUT2D eigenvalue weighted by Gasteiger charge is -2.15. The third-order valence-corrected chi connectivity index (χ3v) is 3.33. The van der Waals surface area contributed by atoms with Crippen molar-refractivity contribution in [3.63, 3.8) is 0 Å². The van der Waals surface area contributed by atoms with Crippen molar-refractivity contribution >= 4 is 28.9 Å². The summed E-state index contributed by atoms with van der Waals surface area (Å²) in [6.45, 7) is 0. The van der Waals surface area contributed by atoms with E-state index >= 15 is 0 Å². The van der Waals surface area contributed by atoms with E-state index in [1.165, 1.54) is 13.1 Å². The van der Waals surface area contributed by atoms with Gasteiger partial charge in [0.1, 0.15) is 0 Å². The number of nitrogens with one attached hydrogen (secondary N) is 1. The van der Waals surface area contributed by atoms with Gasteiger partial charge >= 0.3 is 6.18 Å². The number of hydrogen-bond donors (Lipinski definition) is 1. The molecule has 0 radical (unpaired) electrons. The van der Waals surface area contributed by atoms with Gasteiger partial charge in [-0.25, -0.2) is 0 Å². The zero-order chi connectivity index (χ0) is 17.4. The van der Waals surface area contributed by atoms with Gasteiger partial charge in [-0.15, -0.1) is 0 Å². The minimum Gasteiger partial charge on any atom is -0.376 e. The summed E-state index contributed by atoms with van der Waals surface area (Å²) in [4.78, 5) is 13.9. The highest BCUT2D eigenvalue weighted by Crippen LogP contribution is 2.31. The van der Waals surface area contributed by atoms with Gasteiger partial charge in [-0.3, -0.25) is 9.48 Å². The van der Waals surface area contributed by atoms with Crippen molar-refractivity contribution in [2.75, 3.05) is 24.3 Å². The fraction of sp³-hybridized carbons (Fsp3) is 0.286. The molecule has 0 spiro atoms. The number of halogens is 4. The molecule has 0 unspecified atom stereocenters. The number of aromatic nitrogens is 2. The second kappa shape index (κ2) is 6.11. The van der Waals surface area contributed by atoms with Crippen LogP contribution in [0.3, 0.4) is 0 Å². The van der Waals surface area contributed by atoms with E-state index in [-0.39, 0.29) is 0 Å². The first kappa shape index (κ1) is 17.1. The molecule has 23 heavy (non-hydrogen) atoms. The monoisotopic (exact) mass is 346 g/mol. The summed E-state index contributed by atoms with van der Waals surface area (Å²) in [7, 11) is 4.91. The van der Waals surface area contributed by atoms with Crippen LogP contribution in [0.1, 0.15) is 16.1 Å². The summed E-state index contributed by atoms with van der Waals surface area (Å²) in [6, 6.07) is 4.69. The number of nitrogens with zero attached hydrogens (tertiary/aromatic N) is 3. The standard InChI is InChI=1S/C14H14ClF3N4O/c1-21(2)11-5-4-8(6-10(11)15)19-13(23)9-7-22(3)20-12(9)14(16,17)18/h4-7H,1-3H3,(H,19,23). The molecule has 1 heterocycles. The number of alkyl halides is 3. The number of amides is 1. The quantitative estimate of drug-likeness (QED) is 0.926. The van der Waals surface area contributed by atoms with Crippen LogP contribution in [-0.4, -0.2) is 29.8 Å². The molecule has 1 aromatic heterocycles. The maximum absolute atomic E-state index is 12.9. The summed E-state index contributed by atoms with van der Waals surface area (Å²) in [5.74, 6) is -0.904. The molecule has 2 rings (SSSR count). The van der Waals surface area contributed by atoms with Crippen LogP contribution in [0, 0.1) is 0 Å². The van der Waals surface area contributed by atoms with Gasteiger partial charge in [0.15, 0.2) is 5.69 Å². The summed E-state index contributed by atoms with van der Waals surface area (Å²) in [5, 5.41) is 6.06. The Morgan fingerprint density at radius 2 is 2.00 bits per heavy atom. The van der Waals surface area contributed by atoms with Gasteiger partial charge in [-0.2, -0.15) is 18.3 Å². The average molecular weight is 347 g/mol. The van der Waals surface area contributed by atoms with E-state index in [1.807, 2.05) is 0 Å². The first-order valence-electron chi connectivity index (χ1n) is 6.48. The Bertz CT molecular complexity index is 740. The van der Waals surface area contributed by atoms with Crippen molar-refractivity contribution in [2.45, 2.75) is 6.18 Å². The number of aryl methyl sites for hydroxylation is 1. The van der Waals surface area contributed by atoms with Crippen molar-refractivity contribution in [1.82, 2.24) is 9.78 Å². The second-order valence-corrected chi connectivity index (χ2v) is 5.48. The molecule has 0 aliphatic carbocycles. The predicted molar refractivity (Wildman–Crippen MR) is 81.9 cm³/mol. The van der Waals surface area contributed by atoms with Crippen molar-refractivity contribution < 1.29 is 18.0 Å². The third-order valence-electron chi connectivity index (χ3n) is 3.03. The van der Waals surface area contributed by atoms with Crippen LogP contribution in [-0.2, 0) is 13.2 Å². The Kier molecular flexibility index (Phi) is 4.56. The van der Waals surface area contributed by atoms with Gasteiger partial charge in [0.25, 0.3) is 5.91 Å². The van der Waals surface area contributed by atoms with Crippen LogP contribution in [0.5, 0.6) is 0 Å². The van der Waals surface area contributed by atoms with Gasteiger partial charge in [0, 0.05) is 33.0 Å². The van der Waals surface area contributed by atoms with Crippen molar-refractivity contribution in [2.24, 2.45) is 7.05 Å². The smallest absolute Gasteiger partial charge is 0.376 e. The van der Waals surface area contributed by atoms with E-state index in [9.17, 15) is 18.0 Å². The van der Waals surface area contributed by atoms with Crippen LogP contribution >= 0.6 is 11.6 Å². The molecule has 0 fully saturated rings. The Labute approximate surface area is 135 Å². The molecule has 0 aliphatic rings. The molecule has 1 aromatic carbocycles. The lowest BCUT2D eigenvalue weighted by molar-refractivity contribution is -0.141. The number of carbonyl (C=O) groups is 1. The Morgan fingerprint density at radius 1 is 1.35 bits per heavy atom. The second-order valence-electron chi connectivity index (χ2n) is 5.08. The Morgan fingerprint density at radius 3 is 2.52 bits per heavy atom.